The van der Waals surface area contributed by atoms with Crippen LogP contribution in [0.2, 0.25) is 0 Å². The summed E-state index contributed by atoms with van der Waals surface area (Å²) < 4.78 is 13.0. The number of nitrogens with zero attached hydrogens (tertiary/aromatic N) is 1. The lowest BCUT2D eigenvalue weighted by Gasteiger charge is -2.26. The van der Waals surface area contributed by atoms with Crippen molar-refractivity contribution in [3.63, 3.8) is 0 Å². The van der Waals surface area contributed by atoms with E-state index in [4.69, 9.17) is 0 Å². The fourth-order valence-corrected chi connectivity index (χ4v) is 2.25. The second-order valence-corrected chi connectivity index (χ2v) is 4.59. The van der Waals surface area contributed by atoms with Crippen LogP contribution in [0.15, 0.2) is 23.1 Å². The third-order valence-corrected chi connectivity index (χ3v) is 3.32. The van der Waals surface area contributed by atoms with Crippen LogP contribution in [0.3, 0.4) is 0 Å². The smallest absolute Gasteiger partial charge is 0.123 e. The first-order valence-corrected chi connectivity index (χ1v) is 5.90. The normalized spacial score (nSPS) is 18.0. The lowest BCUT2D eigenvalue weighted by molar-refractivity contribution is 0.219. The van der Waals surface area contributed by atoms with Crippen molar-refractivity contribution < 1.29 is 4.39 Å². The topological polar surface area (TPSA) is 3.24 Å². The van der Waals surface area contributed by atoms with Gasteiger partial charge in [0.15, 0.2) is 0 Å². The Morgan fingerprint density at radius 1 is 1.20 bits per heavy atom. The molecule has 1 aliphatic heterocycles. The summed E-state index contributed by atoms with van der Waals surface area (Å²) in [5, 5.41) is 0. The summed E-state index contributed by atoms with van der Waals surface area (Å²) in [6.45, 7) is 3.09. The molecule has 0 spiro atoms. The Kier molecular flexibility index (Phi) is 3.65. The van der Waals surface area contributed by atoms with Crippen molar-refractivity contribution in [1.29, 1.82) is 0 Å². The maximum absolute atomic E-state index is 13.0. The minimum Gasteiger partial charge on any atom is -0.299 e. The molecule has 0 N–H and O–H groups in total. The highest BCUT2D eigenvalue weighted by Crippen LogP contribution is 2.19. The molecule has 0 aliphatic carbocycles. The molecule has 0 radical (unpaired) electrons. The van der Waals surface area contributed by atoms with Gasteiger partial charge < -0.3 is 0 Å². The van der Waals surface area contributed by atoms with E-state index in [0.717, 1.165) is 30.1 Å². The van der Waals surface area contributed by atoms with Gasteiger partial charge >= 0.3 is 0 Å². The van der Waals surface area contributed by atoms with Crippen molar-refractivity contribution in [2.24, 2.45) is 0 Å². The third kappa shape index (κ3) is 2.95. The lowest BCUT2D eigenvalue weighted by atomic mass is 10.1. The van der Waals surface area contributed by atoms with Gasteiger partial charge in [-0.15, -0.1) is 12.6 Å². The van der Waals surface area contributed by atoms with Crippen molar-refractivity contribution in [3.05, 3.63) is 29.6 Å². The lowest BCUT2D eigenvalue weighted by Crippen LogP contribution is -2.29. The molecule has 0 amide bonds. The quantitative estimate of drug-likeness (QED) is 0.757. The Morgan fingerprint density at radius 2 is 1.93 bits per heavy atom. The second kappa shape index (κ2) is 4.99. The van der Waals surface area contributed by atoms with Crippen LogP contribution in [-0.4, -0.2) is 18.0 Å². The van der Waals surface area contributed by atoms with E-state index in [1.807, 2.05) is 0 Å². The monoisotopic (exact) mass is 225 g/mol. The van der Waals surface area contributed by atoms with E-state index >= 15 is 0 Å². The summed E-state index contributed by atoms with van der Waals surface area (Å²) in [5.41, 5.74) is 1.00. The minimum absolute atomic E-state index is 0.167. The number of likely N-dealkylation sites (tertiary alicyclic amines) is 1. The van der Waals surface area contributed by atoms with Gasteiger partial charge in [-0.25, -0.2) is 4.39 Å². The van der Waals surface area contributed by atoms with E-state index in [1.165, 1.54) is 25.3 Å². The zero-order valence-electron chi connectivity index (χ0n) is 8.75. The van der Waals surface area contributed by atoms with Crippen LogP contribution >= 0.6 is 12.6 Å². The first-order chi connectivity index (χ1) is 7.25. The van der Waals surface area contributed by atoms with Crippen molar-refractivity contribution in [2.75, 3.05) is 13.1 Å². The summed E-state index contributed by atoms with van der Waals surface area (Å²) in [6.07, 6.45) is 3.85. The molecule has 82 valence electrons. The van der Waals surface area contributed by atoms with Crippen LogP contribution in [-0.2, 0) is 6.54 Å². The SMILES string of the molecule is Fc1ccc(S)c(CN2CCCCC2)c1. The molecule has 1 aromatic rings. The zero-order chi connectivity index (χ0) is 10.7. The van der Waals surface area contributed by atoms with Crippen LogP contribution in [0, 0.1) is 5.82 Å². The van der Waals surface area contributed by atoms with E-state index in [1.54, 1.807) is 12.1 Å². The molecule has 1 heterocycles. The average molecular weight is 225 g/mol. The summed E-state index contributed by atoms with van der Waals surface area (Å²) in [6, 6.07) is 4.79. The molecule has 1 fully saturated rings. The van der Waals surface area contributed by atoms with Gasteiger partial charge in [0.25, 0.3) is 0 Å². The highest BCUT2D eigenvalue weighted by Gasteiger charge is 2.12. The van der Waals surface area contributed by atoms with Crippen LogP contribution in [0.1, 0.15) is 24.8 Å². The Balaban J connectivity index is 2.05. The molecule has 0 saturated carbocycles. The molecule has 2 rings (SSSR count). The van der Waals surface area contributed by atoms with Gasteiger partial charge in [-0.1, -0.05) is 6.42 Å². The number of benzene rings is 1. The number of hydrogen-bond donors (Lipinski definition) is 1. The van der Waals surface area contributed by atoms with E-state index in [-0.39, 0.29) is 5.82 Å². The van der Waals surface area contributed by atoms with Gasteiger partial charge in [0.05, 0.1) is 0 Å². The molecule has 1 nitrogen and oxygen atoms in total. The van der Waals surface area contributed by atoms with Gasteiger partial charge in [0, 0.05) is 11.4 Å². The van der Waals surface area contributed by atoms with Gasteiger partial charge in [0.2, 0.25) is 0 Å². The maximum atomic E-state index is 13.0. The summed E-state index contributed by atoms with van der Waals surface area (Å²) in [4.78, 5) is 3.26. The van der Waals surface area contributed by atoms with Gasteiger partial charge in [0.1, 0.15) is 5.82 Å². The summed E-state index contributed by atoms with van der Waals surface area (Å²) in [5.74, 6) is -0.167. The van der Waals surface area contributed by atoms with Crippen molar-refractivity contribution in [2.45, 2.75) is 30.7 Å². The third-order valence-electron chi connectivity index (χ3n) is 2.88. The Labute approximate surface area is 95.7 Å². The predicted molar refractivity (Wildman–Crippen MR) is 62.8 cm³/mol. The predicted octanol–water partition coefficient (Wildman–Crippen LogP) is 3.10. The molecule has 1 saturated heterocycles. The number of thiol groups is 1. The molecular weight excluding hydrogens is 209 g/mol. The standard InChI is InChI=1S/C12H16FNS/c13-11-4-5-12(15)10(8-11)9-14-6-2-1-3-7-14/h4-5,8,15H,1-3,6-7,9H2. The molecule has 0 atom stereocenters. The Hall–Kier alpha value is -0.540. The minimum atomic E-state index is -0.167. The Morgan fingerprint density at radius 3 is 2.67 bits per heavy atom. The van der Waals surface area contributed by atoms with Crippen LogP contribution in [0.4, 0.5) is 4.39 Å². The number of hydrogen-bond acceptors (Lipinski definition) is 2. The van der Waals surface area contributed by atoms with E-state index < -0.39 is 0 Å². The van der Waals surface area contributed by atoms with Crippen molar-refractivity contribution >= 4 is 12.6 Å². The van der Waals surface area contributed by atoms with Crippen LogP contribution in [0.25, 0.3) is 0 Å². The molecular formula is C12H16FNS. The van der Waals surface area contributed by atoms with E-state index in [0.29, 0.717) is 0 Å². The molecule has 0 aromatic heterocycles. The first kappa shape index (κ1) is 11.0. The van der Waals surface area contributed by atoms with Crippen molar-refractivity contribution in [3.8, 4) is 0 Å². The summed E-state index contributed by atoms with van der Waals surface area (Å²) >= 11 is 4.35. The van der Waals surface area contributed by atoms with E-state index in [9.17, 15) is 4.39 Å². The highest BCUT2D eigenvalue weighted by molar-refractivity contribution is 7.80. The zero-order valence-corrected chi connectivity index (χ0v) is 9.64. The average Bonchev–Trinajstić information content (AvgIpc) is 2.25. The molecule has 0 unspecified atom stereocenters. The number of piperidine rings is 1. The molecule has 0 bridgehead atoms. The van der Waals surface area contributed by atoms with Gasteiger partial charge in [-0.3, -0.25) is 4.90 Å². The van der Waals surface area contributed by atoms with Gasteiger partial charge in [-0.05, 0) is 49.7 Å². The number of halogens is 1. The number of rotatable bonds is 2. The summed E-state index contributed by atoms with van der Waals surface area (Å²) in [7, 11) is 0. The van der Waals surface area contributed by atoms with Gasteiger partial charge in [-0.2, -0.15) is 0 Å². The fourth-order valence-electron chi connectivity index (χ4n) is 2.04. The molecule has 15 heavy (non-hydrogen) atoms. The molecule has 3 heteroatoms. The largest absolute Gasteiger partial charge is 0.299 e. The molecule has 1 aliphatic rings. The van der Waals surface area contributed by atoms with Crippen LogP contribution in [0.5, 0.6) is 0 Å². The van der Waals surface area contributed by atoms with Crippen LogP contribution < -0.4 is 0 Å². The van der Waals surface area contributed by atoms with Crippen molar-refractivity contribution in [1.82, 2.24) is 4.90 Å². The van der Waals surface area contributed by atoms with E-state index in [2.05, 4.69) is 17.5 Å². The fraction of sp³-hybridized carbons (Fsp3) is 0.500. The highest BCUT2D eigenvalue weighted by atomic mass is 32.1. The first-order valence-electron chi connectivity index (χ1n) is 5.45. The molecule has 1 aromatic carbocycles. The Bertz CT molecular complexity index is 334. The second-order valence-electron chi connectivity index (χ2n) is 4.11. The maximum Gasteiger partial charge on any atom is 0.123 e.